The van der Waals surface area contributed by atoms with Crippen LogP contribution in [-0.4, -0.2) is 73.1 Å². The molecule has 2 aromatic rings. The first-order valence-electron chi connectivity index (χ1n) is 9.75. The highest BCUT2D eigenvalue weighted by Gasteiger charge is 2.18. The maximum Gasteiger partial charge on any atom is 0.340 e. The fraction of sp³-hybridized carbons (Fsp3) is 0.348. The van der Waals surface area contributed by atoms with Crippen LogP contribution in [0.25, 0.3) is 10.8 Å². The Morgan fingerprint density at radius 1 is 0.903 bits per heavy atom. The Hall–Kier alpha value is -2.91. The molecule has 31 heavy (non-hydrogen) atoms. The lowest BCUT2D eigenvalue weighted by Crippen LogP contribution is -2.24. The van der Waals surface area contributed by atoms with Gasteiger partial charge in [0, 0.05) is 5.39 Å². The molecule has 2 aromatic carbocycles. The number of aromatic carboxylic acids is 1. The first kappa shape index (κ1) is 24.4. The van der Waals surface area contributed by atoms with Crippen LogP contribution in [-0.2, 0) is 9.47 Å². The number of hydrogen-bond acceptors (Lipinski definition) is 7. The van der Waals surface area contributed by atoms with E-state index in [1.54, 1.807) is 42.5 Å². The fourth-order valence-corrected chi connectivity index (χ4v) is 2.76. The van der Waals surface area contributed by atoms with Crippen molar-refractivity contribution in [3.05, 3.63) is 61.2 Å². The van der Waals surface area contributed by atoms with E-state index in [4.69, 9.17) is 18.9 Å². The van der Waals surface area contributed by atoms with Gasteiger partial charge in [-0.3, -0.25) is 0 Å². The van der Waals surface area contributed by atoms with Crippen molar-refractivity contribution in [3.63, 3.8) is 0 Å². The average molecular weight is 432 g/mol. The molecule has 0 bridgehead atoms. The van der Waals surface area contributed by atoms with E-state index in [0.29, 0.717) is 29.7 Å². The van der Waals surface area contributed by atoms with Crippen molar-refractivity contribution in [3.8, 4) is 11.5 Å². The molecule has 2 rings (SSSR count). The molecule has 3 N–H and O–H groups in total. The number of carbonyl (C=O) groups is 1. The summed E-state index contributed by atoms with van der Waals surface area (Å²) in [5.74, 6) is -0.654. The first-order chi connectivity index (χ1) is 15.0. The number of aliphatic hydroxyl groups excluding tert-OH is 2. The minimum Gasteiger partial charge on any atom is -0.491 e. The Morgan fingerprint density at radius 2 is 1.48 bits per heavy atom. The predicted molar refractivity (Wildman–Crippen MR) is 116 cm³/mol. The molecule has 0 radical (unpaired) electrons. The van der Waals surface area contributed by atoms with Gasteiger partial charge in [-0.25, -0.2) is 4.79 Å². The first-order valence-corrected chi connectivity index (χ1v) is 9.75. The van der Waals surface area contributed by atoms with Crippen LogP contribution in [0.2, 0.25) is 0 Å². The zero-order valence-corrected chi connectivity index (χ0v) is 17.2. The third kappa shape index (κ3) is 7.69. The summed E-state index contributed by atoms with van der Waals surface area (Å²) in [6, 6.07) is 8.25. The normalized spacial score (nSPS) is 12.8. The van der Waals surface area contributed by atoms with Crippen molar-refractivity contribution in [2.45, 2.75) is 12.2 Å². The number of carboxylic acid groups (broad SMARTS) is 1. The summed E-state index contributed by atoms with van der Waals surface area (Å²) in [6.07, 6.45) is 1.38. The van der Waals surface area contributed by atoms with E-state index in [-0.39, 0.29) is 37.7 Å². The van der Waals surface area contributed by atoms with Gasteiger partial charge in [-0.15, -0.1) is 13.2 Å². The van der Waals surface area contributed by atoms with Gasteiger partial charge in [-0.1, -0.05) is 24.3 Å². The summed E-state index contributed by atoms with van der Waals surface area (Å²) in [7, 11) is 0. The van der Waals surface area contributed by atoms with Gasteiger partial charge in [0.05, 0.1) is 26.4 Å². The Labute approximate surface area is 180 Å². The van der Waals surface area contributed by atoms with Gasteiger partial charge in [-0.05, 0) is 23.6 Å². The SMILES string of the molecule is C=CCOCC(O)COc1ccc2ccc(OCC(O)COCC=C)c(C(=O)O)c2c1. The van der Waals surface area contributed by atoms with E-state index >= 15 is 0 Å². The lowest BCUT2D eigenvalue weighted by molar-refractivity contribution is 0.0210. The molecule has 8 heteroatoms. The molecule has 0 amide bonds. The van der Waals surface area contributed by atoms with Crippen molar-refractivity contribution < 1.29 is 39.1 Å². The molecule has 0 aromatic heterocycles. The number of fused-ring (bicyclic) bond motifs is 1. The van der Waals surface area contributed by atoms with E-state index < -0.39 is 18.2 Å². The number of benzene rings is 2. The summed E-state index contributed by atoms with van der Waals surface area (Å²) >= 11 is 0. The third-order valence-electron chi connectivity index (χ3n) is 4.13. The molecular weight excluding hydrogens is 404 g/mol. The Kier molecular flexibility index (Phi) is 9.99. The maximum absolute atomic E-state index is 11.9. The minimum absolute atomic E-state index is 0.0157. The predicted octanol–water partition coefficient (Wildman–Crippen LogP) is 2.42. The number of ether oxygens (including phenoxy) is 4. The third-order valence-corrected chi connectivity index (χ3v) is 4.13. The van der Waals surface area contributed by atoms with Crippen molar-refractivity contribution in [1.82, 2.24) is 0 Å². The van der Waals surface area contributed by atoms with Crippen LogP contribution in [0, 0.1) is 0 Å². The molecule has 0 saturated heterocycles. The summed E-state index contributed by atoms with van der Waals surface area (Å²) in [5.41, 5.74) is -0.0444. The summed E-state index contributed by atoms with van der Waals surface area (Å²) in [6.45, 7) is 7.66. The highest BCUT2D eigenvalue weighted by molar-refractivity contribution is 6.06. The number of rotatable bonds is 15. The second-order valence-corrected chi connectivity index (χ2v) is 6.71. The lowest BCUT2D eigenvalue weighted by Gasteiger charge is -2.16. The van der Waals surface area contributed by atoms with E-state index in [2.05, 4.69) is 13.2 Å². The van der Waals surface area contributed by atoms with Crippen molar-refractivity contribution >= 4 is 16.7 Å². The average Bonchev–Trinajstić information content (AvgIpc) is 2.75. The van der Waals surface area contributed by atoms with Crippen LogP contribution >= 0.6 is 0 Å². The molecule has 0 spiro atoms. The van der Waals surface area contributed by atoms with E-state index in [9.17, 15) is 20.1 Å². The van der Waals surface area contributed by atoms with Gasteiger partial charge < -0.3 is 34.3 Å². The number of hydrogen-bond donors (Lipinski definition) is 3. The van der Waals surface area contributed by atoms with Crippen molar-refractivity contribution in [2.24, 2.45) is 0 Å². The lowest BCUT2D eigenvalue weighted by atomic mass is 10.0. The smallest absolute Gasteiger partial charge is 0.340 e. The zero-order valence-electron chi connectivity index (χ0n) is 17.2. The highest BCUT2D eigenvalue weighted by Crippen LogP contribution is 2.31. The summed E-state index contributed by atoms with van der Waals surface area (Å²) < 4.78 is 21.5. The van der Waals surface area contributed by atoms with Gasteiger partial charge in [0.1, 0.15) is 42.5 Å². The molecule has 2 atom stereocenters. The molecule has 0 aliphatic heterocycles. The molecule has 8 nitrogen and oxygen atoms in total. The van der Waals surface area contributed by atoms with Crippen LogP contribution in [0.1, 0.15) is 10.4 Å². The second kappa shape index (κ2) is 12.7. The Bertz CT molecular complexity index is 874. The fourth-order valence-electron chi connectivity index (χ4n) is 2.76. The summed E-state index contributed by atoms with van der Waals surface area (Å²) in [4.78, 5) is 11.9. The minimum atomic E-state index is -1.17. The second-order valence-electron chi connectivity index (χ2n) is 6.71. The Morgan fingerprint density at radius 3 is 2.06 bits per heavy atom. The maximum atomic E-state index is 11.9. The number of carboxylic acids is 1. The van der Waals surface area contributed by atoms with E-state index in [1.807, 2.05) is 0 Å². The van der Waals surface area contributed by atoms with Crippen molar-refractivity contribution in [1.29, 1.82) is 0 Å². The highest BCUT2D eigenvalue weighted by atomic mass is 16.5. The molecule has 0 aliphatic carbocycles. The van der Waals surface area contributed by atoms with Crippen molar-refractivity contribution in [2.75, 3.05) is 39.6 Å². The topological polar surface area (TPSA) is 115 Å². The molecule has 2 unspecified atom stereocenters. The molecule has 0 aliphatic rings. The van der Waals surface area contributed by atoms with Gasteiger partial charge in [0.25, 0.3) is 0 Å². The molecule has 0 saturated carbocycles. The van der Waals surface area contributed by atoms with Crippen LogP contribution in [0.4, 0.5) is 0 Å². The zero-order chi connectivity index (χ0) is 22.6. The Balaban J connectivity index is 2.13. The monoisotopic (exact) mass is 432 g/mol. The van der Waals surface area contributed by atoms with E-state index in [1.165, 1.54) is 0 Å². The van der Waals surface area contributed by atoms with Crippen LogP contribution in [0.15, 0.2) is 55.6 Å². The molecule has 0 fully saturated rings. The molecule has 168 valence electrons. The van der Waals surface area contributed by atoms with E-state index in [0.717, 1.165) is 0 Å². The number of aliphatic hydroxyl groups is 2. The van der Waals surface area contributed by atoms with Gasteiger partial charge >= 0.3 is 5.97 Å². The molecule has 0 heterocycles. The molecular formula is C23H28O8. The van der Waals surface area contributed by atoms with Gasteiger partial charge in [0.15, 0.2) is 0 Å². The standard InChI is InChI=1S/C23H28O8/c1-3-9-28-12-17(24)14-30-19-7-5-16-6-8-21(22(23(26)27)20(16)11-19)31-15-18(25)13-29-10-4-2/h3-8,11,17-18,24-25H,1-2,9-10,12-15H2,(H,26,27). The quantitative estimate of drug-likeness (QED) is 0.290. The van der Waals surface area contributed by atoms with Gasteiger partial charge in [-0.2, -0.15) is 0 Å². The van der Waals surface area contributed by atoms with Gasteiger partial charge in [0.2, 0.25) is 0 Å². The summed E-state index contributed by atoms with van der Waals surface area (Å²) in [5, 5.41) is 30.7. The van der Waals surface area contributed by atoms with Crippen LogP contribution < -0.4 is 9.47 Å². The van der Waals surface area contributed by atoms with Crippen LogP contribution in [0.5, 0.6) is 11.5 Å². The largest absolute Gasteiger partial charge is 0.491 e. The van der Waals surface area contributed by atoms with Crippen LogP contribution in [0.3, 0.4) is 0 Å².